The third-order valence-electron chi connectivity index (χ3n) is 3.18. The van der Waals surface area contributed by atoms with E-state index >= 15 is 0 Å². The summed E-state index contributed by atoms with van der Waals surface area (Å²) >= 11 is 0. The molecule has 0 aliphatic rings. The first-order chi connectivity index (χ1) is 9.38. The molecule has 0 aromatic carbocycles. The number of urea groups is 1. The van der Waals surface area contributed by atoms with Crippen molar-refractivity contribution < 1.29 is 19.4 Å². The number of hydrogen-bond acceptors (Lipinski definition) is 3. The summed E-state index contributed by atoms with van der Waals surface area (Å²) in [6.45, 7) is 7.57. The quantitative estimate of drug-likeness (QED) is 0.644. The first-order valence-electron chi connectivity index (χ1n) is 7.13. The number of nitrogens with zero attached hydrogens (tertiary/aromatic N) is 1. The number of rotatable bonds is 10. The van der Waals surface area contributed by atoms with Crippen molar-refractivity contribution in [1.29, 1.82) is 0 Å². The van der Waals surface area contributed by atoms with Gasteiger partial charge in [0.15, 0.2) is 0 Å². The summed E-state index contributed by atoms with van der Waals surface area (Å²) in [6.07, 6.45) is 1.61. The number of carbonyl (C=O) groups is 2. The van der Waals surface area contributed by atoms with Gasteiger partial charge in [0.05, 0.1) is 6.61 Å². The van der Waals surface area contributed by atoms with Gasteiger partial charge in [-0.1, -0.05) is 6.92 Å². The largest absolute Gasteiger partial charge is 0.481 e. The van der Waals surface area contributed by atoms with Crippen LogP contribution in [0.25, 0.3) is 0 Å². The number of ether oxygens (including phenoxy) is 1. The number of methoxy groups -OCH3 is 1. The molecule has 0 aromatic heterocycles. The molecule has 0 saturated carbocycles. The summed E-state index contributed by atoms with van der Waals surface area (Å²) < 4.78 is 4.99. The molecule has 6 heteroatoms. The Labute approximate surface area is 121 Å². The highest BCUT2D eigenvalue weighted by Crippen LogP contribution is 2.09. The number of carbonyl (C=O) groups excluding carboxylic acids is 1. The highest BCUT2D eigenvalue weighted by molar-refractivity contribution is 5.74. The van der Waals surface area contributed by atoms with E-state index in [0.717, 1.165) is 6.42 Å². The maximum absolute atomic E-state index is 12.0. The third-order valence-corrected chi connectivity index (χ3v) is 3.18. The number of carboxylic acid groups (broad SMARTS) is 1. The first-order valence-corrected chi connectivity index (χ1v) is 7.13. The molecule has 0 bridgehead atoms. The molecule has 0 fully saturated rings. The van der Waals surface area contributed by atoms with E-state index in [-0.39, 0.29) is 24.4 Å². The smallest absolute Gasteiger partial charge is 0.317 e. The predicted molar refractivity (Wildman–Crippen MR) is 77.8 cm³/mol. The maximum atomic E-state index is 12.0. The molecule has 0 heterocycles. The molecule has 0 rings (SSSR count). The summed E-state index contributed by atoms with van der Waals surface area (Å²) in [6, 6.07) is 0.0251. The Morgan fingerprint density at radius 1 is 1.25 bits per heavy atom. The lowest BCUT2D eigenvalue weighted by molar-refractivity contribution is -0.137. The van der Waals surface area contributed by atoms with Crippen LogP contribution in [-0.4, -0.2) is 54.9 Å². The van der Waals surface area contributed by atoms with Crippen molar-refractivity contribution in [1.82, 2.24) is 10.2 Å². The highest BCUT2D eigenvalue weighted by Gasteiger charge is 2.16. The highest BCUT2D eigenvalue weighted by atomic mass is 16.5. The summed E-state index contributed by atoms with van der Waals surface area (Å²) in [5.74, 6) is -0.482. The van der Waals surface area contributed by atoms with Crippen molar-refractivity contribution in [2.45, 2.75) is 46.1 Å². The van der Waals surface area contributed by atoms with Crippen LogP contribution in [0.5, 0.6) is 0 Å². The molecule has 118 valence electrons. The van der Waals surface area contributed by atoms with E-state index < -0.39 is 5.97 Å². The van der Waals surface area contributed by atoms with Gasteiger partial charge < -0.3 is 20.1 Å². The fourth-order valence-electron chi connectivity index (χ4n) is 1.83. The first kappa shape index (κ1) is 18.7. The monoisotopic (exact) mass is 288 g/mol. The standard InChI is InChI=1S/C14H28N2O4/c1-11(2)16(9-10-20-4)14(19)15-8-7-12(3)5-6-13(17)18/h11-12H,5-10H2,1-4H3,(H,15,19)(H,17,18). The molecule has 6 nitrogen and oxygen atoms in total. The van der Waals surface area contributed by atoms with Crippen molar-refractivity contribution in [3.05, 3.63) is 0 Å². The van der Waals surface area contributed by atoms with Gasteiger partial charge in [0.2, 0.25) is 0 Å². The molecule has 2 N–H and O–H groups in total. The topological polar surface area (TPSA) is 78.9 Å². The minimum Gasteiger partial charge on any atom is -0.481 e. The Morgan fingerprint density at radius 2 is 1.90 bits per heavy atom. The molecule has 0 aromatic rings. The Morgan fingerprint density at radius 3 is 2.40 bits per heavy atom. The molecule has 2 amide bonds. The number of hydrogen-bond donors (Lipinski definition) is 2. The average molecular weight is 288 g/mol. The second-order valence-corrected chi connectivity index (χ2v) is 5.34. The lowest BCUT2D eigenvalue weighted by atomic mass is 10.0. The van der Waals surface area contributed by atoms with E-state index in [1.54, 1.807) is 12.0 Å². The van der Waals surface area contributed by atoms with E-state index in [2.05, 4.69) is 5.32 Å². The number of aliphatic carboxylic acids is 1. The fraction of sp³-hybridized carbons (Fsp3) is 0.857. The van der Waals surface area contributed by atoms with E-state index in [1.165, 1.54) is 0 Å². The zero-order chi connectivity index (χ0) is 15.5. The fourth-order valence-corrected chi connectivity index (χ4v) is 1.83. The second kappa shape index (κ2) is 10.5. The Hall–Kier alpha value is -1.30. The zero-order valence-corrected chi connectivity index (χ0v) is 13.0. The molecule has 20 heavy (non-hydrogen) atoms. The van der Waals surface area contributed by atoms with Crippen LogP contribution in [0, 0.1) is 5.92 Å². The van der Waals surface area contributed by atoms with E-state index in [0.29, 0.717) is 26.1 Å². The van der Waals surface area contributed by atoms with Crippen LogP contribution in [0.1, 0.15) is 40.0 Å². The van der Waals surface area contributed by atoms with Gasteiger partial charge in [-0.2, -0.15) is 0 Å². The van der Waals surface area contributed by atoms with Crippen molar-refractivity contribution in [2.24, 2.45) is 5.92 Å². The Bertz CT molecular complexity index is 295. The molecule has 1 unspecified atom stereocenters. The summed E-state index contributed by atoms with van der Waals surface area (Å²) in [4.78, 5) is 24.2. The Kier molecular flexibility index (Phi) is 9.80. The van der Waals surface area contributed by atoms with Crippen LogP contribution >= 0.6 is 0 Å². The van der Waals surface area contributed by atoms with Crippen LogP contribution < -0.4 is 5.32 Å². The summed E-state index contributed by atoms with van der Waals surface area (Å²) in [7, 11) is 1.61. The minimum absolute atomic E-state index is 0.0949. The van der Waals surface area contributed by atoms with Gasteiger partial charge in [-0.25, -0.2) is 4.79 Å². The van der Waals surface area contributed by atoms with Gasteiger partial charge in [-0.05, 0) is 32.6 Å². The van der Waals surface area contributed by atoms with Crippen molar-refractivity contribution in [3.63, 3.8) is 0 Å². The van der Waals surface area contributed by atoms with Crippen LogP contribution in [0.3, 0.4) is 0 Å². The molecule has 0 saturated heterocycles. The van der Waals surface area contributed by atoms with Crippen molar-refractivity contribution in [2.75, 3.05) is 26.8 Å². The minimum atomic E-state index is -0.772. The van der Waals surface area contributed by atoms with E-state index in [1.807, 2.05) is 20.8 Å². The zero-order valence-electron chi connectivity index (χ0n) is 13.0. The second-order valence-electron chi connectivity index (χ2n) is 5.34. The van der Waals surface area contributed by atoms with Gasteiger partial charge >= 0.3 is 12.0 Å². The van der Waals surface area contributed by atoms with Gasteiger partial charge in [-0.15, -0.1) is 0 Å². The number of carboxylic acids is 1. The third kappa shape index (κ3) is 8.74. The molecular formula is C14H28N2O4. The summed E-state index contributed by atoms with van der Waals surface area (Å²) in [5.41, 5.74) is 0. The number of amides is 2. The average Bonchev–Trinajstić information content (AvgIpc) is 2.36. The number of nitrogens with one attached hydrogen (secondary N) is 1. The predicted octanol–water partition coefficient (Wildman–Crippen LogP) is 1.94. The molecule has 0 radical (unpaired) electrons. The SMILES string of the molecule is COCCN(C(=O)NCCC(C)CCC(=O)O)C(C)C. The normalized spacial score (nSPS) is 12.2. The molecule has 0 aliphatic carbocycles. The van der Waals surface area contributed by atoms with Gasteiger partial charge in [-0.3, -0.25) is 4.79 Å². The van der Waals surface area contributed by atoms with Gasteiger partial charge in [0.25, 0.3) is 0 Å². The van der Waals surface area contributed by atoms with Crippen molar-refractivity contribution in [3.8, 4) is 0 Å². The van der Waals surface area contributed by atoms with Crippen LogP contribution in [0.2, 0.25) is 0 Å². The van der Waals surface area contributed by atoms with Crippen LogP contribution in [0.4, 0.5) is 4.79 Å². The summed E-state index contributed by atoms with van der Waals surface area (Å²) in [5, 5.41) is 11.5. The maximum Gasteiger partial charge on any atom is 0.317 e. The van der Waals surface area contributed by atoms with E-state index in [4.69, 9.17) is 9.84 Å². The lowest BCUT2D eigenvalue weighted by Gasteiger charge is -2.27. The van der Waals surface area contributed by atoms with E-state index in [9.17, 15) is 9.59 Å². The van der Waals surface area contributed by atoms with Gasteiger partial charge in [0, 0.05) is 32.7 Å². The van der Waals surface area contributed by atoms with Crippen LogP contribution in [0.15, 0.2) is 0 Å². The molecule has 0 aliphatic heterocycles. The van der Waals surface area contributed by atoms with Crippen LogP contribution in [-0.2, 0) is 9.53 Å². The molecule has 1 atom stereocenters. The molecule has 0 spiro atoms. The Balaban J connectivity index is 3.96. The van der Waals surface area contributed by atoms with Gasteiger partial charge in [0.1, 0.15) is 0 Å². The molecular weight excluding hydrogens is 260 g/mol. The lowest BCUT2D eigenvalue weighted by Crippen LogP contribution is -2.45. The van der Waals surface area contributed by atoms with Crippen molar-refractivity contribution >= 4 is 12.0 Å².